The average molecular weight is 955 g/mol. The van der Waals surface area contributed by atoms with Crippen LogP contribution in [-0.2, 0) is 36.3 Å². The van der Waals surface area contributed by atoms with Crippen LogP contribution in [0.3, 0.4) is 0 Å². The van der Waals surface area contributed by atoms with E-state index < -0.39 is 27.8 Å². The first-order valence-electron chi connectivity index (χ1n) is 19.8. The van der Waals surface area contributed by atoms with Gasteiger partial charge in [-0.15, -0.1) is 0 Å². The third kappa shape index (κ3) is 7.15. The number of amides is 2. The summed E-state index contributed by atoms with van der Waals surface area (Å²) in [6, 6.07) is 30.2. The first-order chi connectivity index (χ1) is 26.0. The van der Waals surface area contributed by atoms with Gasteiger partial charge in [0.1, 0.15) is 0 Å². The molecule has 4 nitrogen and oxygen atoms in total. The summed E-state index contributed by atoms with van der Waals surface area (Å²) in [5.74, 6) is 0. The Bertz CT molecular complexity index is 2110. The molecule has 0 heterocycles. The van der Waals surface area contributed by atoms with E-state index in [9.17, 15) is 9.59 Å². The maximum atomic E-state index is 12.7. The van der Waals surface area contributed by atoms with Gasteiger partial charge < -0.3 is 0 Å². The van der Waals surface area contributed by atoms with E-state index in [0.717, 1.165) is 44.5 Å². The van der Waals surface area contributed by atoms with E-state index in [1.54, 1.807) is 0 Å². The van der Waals surface area contributed by atoms with Gasteiger partial charge in [-0.1, -0.05) is 0 Å². The van der Waals surface area contributed by atoms with Crippen LogP contribution in [0.25, 0.3) is 34.4 Å². The van der Waals surface area contributed by atoms with Gasteiger partial charge in [0.05, 0.1) is 0 Å². The van der Waals surface area contributed by atoms with E-state index in [1.807, 2.05) is 0 Å². The molecular formula is C48H58BCl2HfN2O2. The number of benzene rings is 4. The van der Waals surface area contributed by atoms with Gasteiger partial charge in [-0.3, -0.25) is 0 Å². The first kappa shape index (κ1) is 42.4. The molecule has 6 rings (SSSR count). The molecule has 293 valence electrons. The maximum absolute atomic E-state index is 12.7. The Kier molecular flexibility index (Phi) is 11.0. The second-order valence-electron chi connectivity index (χ2n) is 20.0. The van der Waals surface area contributed by atoms with Crippen molar-refractivity contribution in [3.63, 3.8) is 0 Å². The van der Waals surface area contributed by atoms with E-state index in [4.69, 9.17) is 17.2 Å². The quantitative estimate of drug-likeness (QED) is 0.130. The molecule has 0 saturated carbocycles. The Morgan fingerprint density at radius 3 is 1.16 bits per heavy atom. The molecule has 0 bridgehead atoms. The van der Waals surface area contributed by atoms with Gasteiger partial charge in [-0.25, -0.2) is 0 Å². The predicted molar refractivity (Wildman–Crippen MR) is 237 cm³/mol. The van der Waals surface area contributed by atoms with Crippen molar-refractivity contribution in [3.8, 4) is 22.3 Å². The Morgan fingerprint density at radius 2 is 0.839 bits per heavy atom. The molecule has 0 fully saturated rings. The number of allylic oxidation sites excluding steroid dienone is 2. The molecule has 0 aliphatic heterocycles. The molecule has 4 aromatic carbocycles. The van der Waals surface area contributed by atoms with Crippen molar-refractivity contribution < 1.29 is 25.5 Å². The Morgan fingerprint density at radius 1 is 0.500 bits per heavy atom. The van der Waals surface area contributed by atoms with Crippen molar-refractivity contribution in [1.82, 2.24) is 10.5 Å². The first-order valence-corrected chi connectivity index (χ1v) is 34.9. The minimum absolute atomic E-state index is 0.103. The summed E-state index contributed by atoms with van der Waals surface area (Å²) in [7, 11) is 17.7. The molecule has 4 aromatic rings. The average Bonchev–Trinajstić information content (AvgIpc) is 3.73. The molecule has 0 spiro atoms. The summed E-state index contributed by atoms with van der Waals surface area (Å²) < 4.78 is -1.93. The van der Waals surface area contributed by atoms with Gasteiger partial charge in [0.15, 0.2) is 0 Å². The monoisotopic (exact) mass is 955 g/mol. The third-order valence-corrected chi connectivity index (χ3v) is 40.3. The predicted octanol–water partition coefficient (Wildman–Crippen LogP) is 12.8. The zero-order chi connectivity index (χ0) is 41.2. The number of hydrogen-bond donors (Lipinski definition) is 2. The van der Waals surface area contributed by atoms with Gasteiger partial charge >= 0.3 is 346 Å². The van der Waals surface area contributed by atoms with E-state index in [-0.39, 0.29) is 21.7 Å². The van der Waals surface area contributed by atoms with Crippen LogP contribution < -0.4 is 10.5 Å². The molecule has 2 atom stereocenters. The molecule has 2 unspecified atom stereocenters. The van der Waals surface area contributed by atoms with Gasteiger partial charge in [0.2, 0.25) is 0 Å². The molecule has 0 aromatic heterocycles. The Hall–Kier alpha value is -3.18. The van der Waals surface area contributed by atoms with E-state index in [0.29, 0.717) is 12.8 Å². The second-order valence-corrected chi connectivity index (χ2v) is 50.4. The Balaban J connectivity index is 1.75. The molecule has 8 heteroatoms. The number of halogens is 2. The van der Waals surface area contributed by atoms with Crippen molar-refractivity contribution >= 4 is 46.7 Å². The summed E-state index contributed by atoms with van der Waals surface area (Å²) in [5, 5.41) is 6.06. The molecule has 0 saturated heterocycles. The summed E-state index contributed by atoms with van der Waals surface area (Å²) in [5.41, 5.74) is 12.6. The van der Waals surface area contributed by atoms with Crippen molar-refractivity contribution in [2.45, 2.75) is 101 Å². The van der Waals surface area contributed by atoms with E-state index in [1.165, 1.54) is 22.3 Å². The summed E-state index contributed by atoms with van der Waals surface area (Å²) in [4.78, 5) is 25.4. The van der Waals surface area contributed by atoms with Gasteiger partial charge in [-0.2, -0.15) is 0 Å². The van der Waals surface area contributed by atoms with E-state index >= 15 is 0 Å². The SMILES string of the molecule is CC(C)(C)C1=Cc2c(-c3ccccc3C(C)(C)C)cccc2[CH]1[Hf]([Cl])([Cl])([B](NC=O)NC=O)[CH]1C(C(C)(C)C)=Cc2c(-c3ccccc3C(C)(C)C)cccc21. The van der Waals surface area contributed by atoms with Crippen LogP contribution in [0.5, 0.6) is 0 Å². The molecule has 2 aliphatic rings. The molecule has 2 aliphatic carbocycles. The van der Waals surface area contributed by atoms with Crippen LogP contribution in [0.2, 0.25) is 0 Å². The summed E-state index contributed by atoms with van der Waals surface area (Å²) in [6.45, 7) is 26.8. The number of rotatable bonds is 9. The number of nitrogens with one attached hydrogen (secondary N) is 2. The van der Waals surface area contributed by atoms with Gasteiger partial charge in [-0.05, 0) is 0 Å². The standard InChI is InChI=1S/2C23H27.C2H3BN2O2.2ClH.Hf/c2*1-22(2,3)17-14-16-10-9-12-18(20(16)15-17)19-11-7-8-13-21(19)23(4,5)6;6-1-4-3-5-2-7;;;/h2*7-15H,1-6H3;1-2H,(H-,4,5,6,7);2*1H;/q;;;;;+1/p-1. The molecule has 56 heavy (non-hydrogen) atoms. The minimum atomic E-state index is -6.24. The zero-order valence-corrected chi connectivity index (χ0v) is 40.3. The summed E-state index contributed by atoms with van der Waals surface area (Å²) in [6.07, 6.45) is 5.92. The van der Waals surface area contributed by atoms with Crippen molar-refractivity contribution in [1.29, 1.82) is 0 Å². The summed E-state index contributed by atoms with van der Waals surface area (Å²) >= 11 is -6.24. The molecule has 2 amide bonds. The number of carbonyl (C=O) groups excluding carboxylic acids is 2. The number of carbonyl (C=O) groups is 2. The Labute approximate surface area is 344 Å². The van der Waals surface area contributed by atoms with Crippen LogP contribution in [0.4, 0.5) is 0 Å². The fourth-order valence-electron chi connectivity index (χ4n) is 9.51. The fraction of sp³-hybridized carbons (Fsp3) is 0.375. The topological polar surface area (TPSA) is 58.2 Å². The normalized spacial score (nSPS) is 17.9. The molecule has 0 radical (unpaired) electrons. The molecular weight excluding hydrogens is 897 g/mol. The molecule has 2 N–H and O–H groups in total. The van der Waals surface area contributed by atoms with Crippen LogP contribution in [0.15, 0.2) is 96.1 Å². The van der Waals surface area contributed by atoms with Crippen molar-refractivity contribution in [2.75, 3.05) is 0 Å². The van der Waals surface area contributed by atoms with Gasteiger partial charge in [0, 0.05) is 0 Å². The van der Waals surface area contributed by atoms with Crippen LogP contribution in [0.1, 0.15) is 124 Å². The second kappa shape index (κ2) is 14.6. The van der Waals surface area contributed by atoms with E-state index in [2.05, 4.69) is 191 Å². The van der Waals surface area contributed by atoms with Crippen molar-refractivity contribution in [3.05, 3.63) is 129 Å². The van der Waals surface area contributed by atoms with Crippen LogP contribution in [-0.4, -0.2) is 17.4 Å². The van der Waals surface area contributed by atoms with Crippen LogP contribution in [0, 0.1) is 10.8 Å². The van der Waals surface area contributed by atoms with Gasteiger partial charge in [0.25, 0.3) is 0 Å². The fourth-order valence-corrected chi connectivity index (χ4v) is 39.7. The number of hydrogen-bond acceptors (Lipinski definition) is 2. The number of fused-ring (bicyclic) bond motifs is 2. The van der Waals surface area contributed by atoms with Crippen LogP contribution >= 0.6 is 17.2 Å². The third-order valence-electron chi connectivity index (χ3n) is 12.0. The van der Waals surface area contributed by atoms with Crippen molar-refractivity contribution in [2.24, 2.45) is 10.8 Å². The zero-order valence-electron chi connectivity index (χ0n) is 35.2.